The lowest BCUT2D eigenvalue weighted by atomic mass is 9.85. The van der Waals surface area contributed by atoms with Gasteiger partial charge in [-0.15, -0.1) is 0 Å². The third-order valence-electron chi connectivity index (χ3n) is 3.46. The number of ether oxygens (including phenoxy) is 1. The smallest absolute Gasteiger partial charge is 0.339 e. The van der Waals surface area contributed by atoms with Crippen molar-refractivity contribution in [1.29, 1.82) is 0 Å². The number of halogens is 1. The van der Waals surface area contributed by atoms with E-state index in [1.54, 1.807) is 0 Å². The van der Waals surface area contributed by atoms with Gasteiger partial charge in [0.2, 0.25) is 0 Å². The minimum absolute atomic E-state index is 0.156. The molecule has 0 radical (unpaired) electrons. The Hall–Kier alpha value is -0.580. The number of unbranched alkanes of at least 4 members (excludes halogenated alkanes) is 1. The molecule has 0 bridgehead atoms. The zero-order valence-corrected chi connectivity index (χ0v) is 12.2. The highest BCUT2D eigenvalue weighted by Crippen LogP contribution is 2.42. The van der Waals surface area contributed by atoms with Crippen molar-refractivity contribution in [3.63, 3.8) is 0 Å². The van der Waals surface area contributed by atoms with E-state index in [2.05, 4.69) is 29.5 Å². The summed E-state index contributed by atoms with van der Waals surface area (Å²) in [5.74, 6) is -0.156. The Morgan fingerprint density at radius 1 is 1.29 bits per heavy atom. The summed E-state index contributed by atoms with van der Waals surface area (Å²) >= 11 is 2.39. The van der Waals surface area contributed by atoms with E-state index in [0.717, 1.165) is 34.8 Å². The van der Waals surface area contributed by atoms with Crippen LogP contribution in [-0.2, 0) is 10.3 Å². The number of fused-ring (bicyclic) bond motifs is 1. The van der Waals surface area contributed by atoms with Gasteiger partial charge in [0.1, 0.15) is 5.60 Å². The lowest BCUT2D eigenvalue weighted by Gasteiger charge is -2.27. The third-order valence-corrected chi connectivity index (χ3v) is 4.22. The zero-order valence-electron chi connectivity index (χ0n) is 10.0. The Labute approximate surface area is 116 Å². The summed E-state index contributed by atoms with van der Waals surface area (Å²) in [5, 5.41) is 0. The van der Waals surface area contributed by atoms with Crippen LogP contribution >= 0.6 is 22.6 Å². The number of hydrogen-bond donors (Lipinski definition) is 0. The van der Waals surface area contributed by atoms with Crippen LogP contribution in [0.15, 0.2) is 24.3 Å². The first-order chi connectivity index (χ1) is 8.23. The van der Waals surface area contributed by atoms with Crippen molar-refractivity contribution in [3.8, 4) is 0 Å². The molecule has 1 aliphatic rings. The Bertz CT molecular complexity index is 416. The molecule has 0 amide bonds. The van der Waals surface area contributed by atoms with Gasteiger partial charge in [0, 0.05) is 5.56 Å². The molecule has 3 heteroatoms. The molecule has 92 valence electrons. The van der Waals surface area contributed by atoms with E-state index in [1.807, 2.05) is 24.3 Å². The van der Waals surface area contributed by atoms with Crippen LogP contribution in [0.3, 0.4) is 0 Å². The van der Waals surface area contributed by atoms with Gasteiger partial charge in [-0.25, -0.2) is 4.79 Å². The molecule has 1 heterocycles. The van der Waals surface area contributed by atoms with E-state index in [9.17, 15) is 4.79 Å². The average Bonchev–Trinajstić information content (AvgIpc) is 2.65. The van der Waals surface area contributed by atoms with Gasteiger partial charge in [-0.3, -0.25) is 0 Å². The Balaban J connectivity index is 2.27. The van der Waals surface area contributed by atoms with Gasteiger partial charge in [0.25, 0.3) is 0 Å². The monoisotopic (exact) mass is 344 g/mol. The van der Waals surface area contributed by atoms with Crippen molar-refractivity contribution in [2.24, 2.45) is 0 Å². The fourth-order valence-electron chi connectivity index (χ4n) is 2.48. The Morgan fingerprint density at radius 3 is 2.76 bits per heavy atom. The van der Waals surface area contributed by atoms with Gasteiger partial charge in [-0.2, -0.15) is 0 Å². The maximum atomic E-state index is 11.8. The lowest BCUT2D eigenvalue weighted by Crippen LogP contribution is -2.25. The van der Waals surface area contributed by atoms with Crippen molar-refractivity contribution in [3.05, 3.63) is 35.4 Å². The molecule has 0 aliphatic carbocycles. The number of carbonyl (C=O) groups is 1. The second-order valence-corrected chi connectivity index (χ2v) is 5.51. The predicted molar refractivity (Wildman–Crippen MR) is 76.6 cm³/mol. The molecule has 17 heavy (non-hydrogen) atoms. The molecule has 1 aromatic carbocycles. The molecule has 0 saturated carbocycles. The van der Waals surface area contributed by atoms with E-state index in [4.69, 9.17) is 4.74 Å². The first-order valence-corrected chi connectivity index (χ1v) is 7.65. The van der Waals surface area contributed by atoms with Crippen molar-refractivity contribution >= 4 is 28.6 Å². The van der Waals surface area contributed by atoms with Gasteiger partial charge in [-0.1, -0.05) is 47.7 Å². The van der Waals surface area contributed by atoms with Crippen LogP contribution < -0.4 is 0 Å². The minimum Gasteiger partial charge on any atom is -0.451 e. The fraction of sp³-hybridized carbons (Fsp3) is 0.500. The number of benzene rings is 1. The fourth-order valence-corrected chi connectivity index (χ4v) is 3.02. The summed E-state index contributed by atoms with van der Waals surface area (Å²) in [4.78, 5) is 11.8. The van der Waals surface area contributed by atoms with E-state index in [0.29, 0.717) is 0 Å². The molecule has 0 fully saturated rings. The minimum atomic E-state index is -0.362. The molecule has 0 aromatic heterocycles. The van der Waals surface area contributed by atoms with E-state index >= 15 is 0 Å². The standard InChI is InChI=1S/C14H17IO2/c1-2-14(9-5-6-10-15)12-8-4-3-7-11(12)13(16)17-14/h3-4,7-8H,2,5-6,9-10H2,1H3. The second-order valence-electron chi connectivity index (χ2n) is 4.43. The predicted octanol–water partition coefficient (Wildman–Crippen LogP) is 4.07. The number of cyclic esters (lactones) is 1. The maximum absolute atomic E-state index is 11.8. The second kappa shape index (κ2) is 5.38. The van der Waals surface area contributed by atoms with Crippen LogP contribution in [0.25, 0.3) is 0 Å². The highest BCUT2D eigenvalue weighted by atomic mass is 127. The molecule has 0 N–H and O–H groups in total. The number of esters is 1. The first-order valence-electron chi connectivity index (χ1n) is 6.12. The van der Waals surface area contributed by atoms with Crippen LogP contribution in [-0.4, -0.2) is 10.4 Å². The number of carbonyl (C=O) groups excluding carboxylic acids is 1. The Kier molecular flexibility index (Phi) is 4.07. The van der Waals surface area contributed by atoms with Crippen LogP contribution in [0.1, 0.15) is 48.5 Å². The molecule has 2 rings (SSSR count). The summed E-state index contributed by atoms with van der Waals surface area (Å²) in [7, 11) is 0. The van der Waals surface area contributed by atoms with Crippen LogP contribution in [0.4, 0.5) is 0 Å². The van der Waals surface area contributed by atoms with Crippen molar-refractivity contribution in [2.75, 3.05) is 4.43 Å². The van der Waals surface area contributed by atoms with Gasteiger partial charge in [0.05, 0.1) is 5.56 Å². The lowest BCUT2D eigenvalue weighted by molar-refractivity contribution is -0.0161. The number of alkyl halides is 1. The molecular formula is C14H17IO2. The van der Waals surface area contributed by atoms with E-state index < -0.39 is 0 Å². The number of hydrogen-bond acceptors (Lipinski definition) is 2. The normalized spacial score (nSPS) is 22.4. The summed E-state index contributed by atoms with van der Waals surface area (Å²) in [5.41, 5.74) is 1.48. The van der Waals surface area contributed by atoms with E-state index in [-0.39, 0.29) is 11.6 Å². The molecule has 1 aliphatic heterocycles. The topological polar surface area (TPSA) is 26.3 Å². The van der Waals surface area contributed by atoms with Gasteiger partial charge < -0.3 is 4.74 Å². The largest absolute Gasteiger partial charge is 0.451 e. The molecule has 1 aromatic rings. The number of rotatable bonds is 5. The van der Waals surface area contributed by atoms with Crippen LogP contribution in [0.2, 0.25) is 0 Å². The summed E-state index contributed by atoms with van der Waals surface area (Å²) in [6.07, 6.45) is 4.09. The molecule has 0 saturated heterocycles. The van der Waals surface area contributed by atoms with Crippen molar-refractivity contribution < 1.29 is 9.53 Å². The highest BCUT2D eigenvalue weighted by molar-refractivity contribution is 14.1. The van der Waals surface area contributed by atoms with Gasteiger partial charge in [0.15, 0.2) is 0 Å². The van der Waals surface area contributed by atoms with Crippen molar-refractivity contribution in [2.45, 2.75) is 38.2 Å². The van der Waals surface area contributed by atoms with Gasteiger partial charge in [-0.05, 0) is 36.2 Å². The Morgan fingerprint density at radius 2 is 2.06 bits per heavy atom. The van der Waals surface area contributed by atoms with E-state index in [1.165, 1.54) is 6.42 Å². The quantitative estimate of drug-likeness (QED) is 0.348. The van der Waals surface area contributed by atoms with Gasteiger partial charge >= 0.3 is 5.97 Å². The molecular weight excluding hydrogens is 327 g/mol. The zero-order chi connectivity index (χ0) is 12.3. The molecule has 2 nitrogen and oxygen atoms in total. The third kappa shape index (κ3) is 2.34. The molecule has 1 unspecified atom stereocenters. The van der Waals surface area contributed by atoms with Crippen LogP contribution in [0.5, 0.6) is 0 Å². The summed E-state index contributed by atoms with van der Waals surface area (Å²) in [6.45, 7) is 2.10. The SMILES string of the molecule is CCC1(CCCCI)OC(=O)c2ccccc21. The molecule has 1 atom stereocenters. The van der Waals surface area contributed by atoms with Crippen LogP contribution in [0, 0.1) is 0 Å². The summed E-state index contributed by atoms with van der Waals surface area (Å²) in [6, 6.07) is 7.79. The highest BCUT2D eigenvalue weighted by Gasteiger charge is 2.43. The maximum Gasteiger partial charge on any atom is 0.339 e. The summed E-state index contributed by atoms with van der Waals surface area (Å²) < 4.78 is 6.83. The average molecular weight is 344 g/mol. The molecule has 0 spiro atoms. The van der Waals surface area contributed by atoms with Crippen molar-refractivity contribution in [1.82, 2.24) is 0 Å². The first kappa shape index (κ1) is 12.9.